The van der Waals surface area contributed by atoms with Gasteiger partial charge in [-0.25, -0.2) is 0 Å². The molecule has 0 saturated carbocycles. The molecule has 0 unspecified atom stereocenters. The monoisotopic (exact) mass is 349 g/mol. The number of aliphatic hydroxyl groups excluding tert-OH is 1. The Kier molecular flexibility index (Phi) is 5.53. The van der Waals surface area contributed by atoms with Crippen LogP contribution in [0.4, 0.5) is 0 Å². The van der Waals surface area contributed by atoms with Crippen LogP contribution in [0.15, 0.2) is 40.9 Å². The smallest absolute Gasteiger partial charge is 0.366 e. The first kappa shape index (κ1) is 15.7. The molecule has 1 radical (unpaired) electrons. The summed E-state index contributed by atoms with van der Waals surface area (Å²) >= 11 is 3.37. The molecule has 0 spiro atoms. The van der Waals surface area contributed by atoms with Gasteiger partial charge in [0.05, 0.1) is 13.7 Å². The molecule has 2 aromatic rings. The Morgan fingerprint density at radius 1 is 1.10 bits per heavy atom. The van der Waals surface area contributed by atoms with Crippen LogP contribution in [-0.4, -0.2) is 19.7 Å². The maximum absolute atomic E-state index is 9.26. The Hall–Kier alpha value is -1.66. The molecule has 0 saturated heterocycles. The quantitative estimate of drug-likeness (QED) is 0.806. The number of hydrogen-bond acceptors (Lipinski definition) is 4. The summed E-state index contributed by atoms with van der Waals surface area (Å²) in [5, 5.41) is 9.26. The molecular formula is C15H15BBrO4. The highest BCUT2D eigenvalue weighted by atomic mass is 79.9. The van der Waals surface area contributed by atoms with Crippen LogP contribution in [0.1, 0.15) is 5.56 Å². The molecule has 0 aliphatic carbocycles. The third-order valence-corrected chi connectivity index (χ3v) is 3.58. The van der Waals surface area contributed by atoms with Gasteiger partial charge in [0.2, 0.25) is 0 Å². The molecule has 2 rings (SSSR count). The average molecular weight is 350 g/mol. The van der Waals surface area contributed by atoms with Gasteiger partial charge in [-0.2, -0.15) is 0 Å². The number of hydrogen-bond donors (Lipinski definition) is 1. The Morgan fingerprint density at radius 2 is 1.81 bits per heavy atom. The lowest BCUT2D eigenvalue weighted by Gasteiger charge is -2.12. The normalized spacial score (nSPS) is 10.1. The van der Waals surface area contributed by atoms with Gasteiger partial charge in [-0.3, -0.25) is 0 Å². The van der Waals surface area contributed by atoms with Crippen molar-refractivity contribution in [1.82, 2.24) is 0 Å². The van der Waals surface area contributed by atoms with Gasteiger partial charge in [-0.15, -0.1) is 0 Å². The van der Waals surface area contributed by atoms with Crippen LogP contribution in [0.2, 0.25) is 6.82 Å². The lowest BCUT2D eigenvalue weighted by molar-refractivity contribution is 0.280. The molecule has 0 aliphatic rings. The first-order valence-electron chi connectivity index (χ1n) is 6.37. The van der Waals surface area contributed by atoms with Gasteiger partial charge in [-0.05, 0) is 35.9 Å². The van der Waals surface area contributed by atoms with Crippen molar-refractivity contribution in [1.29, 1.82) is 0 Å². The maximum atomic E-state index is 9.26. The number of methoxy groups -OCH3 is 1. The zero-order valence-corrected chi connectivity index (χ0v) is 13.4. The second-order valence-corrected chi connectivity index (χ2v) is 5.03. The predicted octanol–water partition coefficient (Wildman–Crippen LogP) is 3.79. The maximum Gasteiger partial charge on any atom is 0.366 e. The molecule has 0 aromatic heterocycles. The minimum atomic E-state index is -0.0553. The van der Waals surface area contributed by atoms with E-state index in [1.165, 1.54) is 0 Å². The summed E-state index contributed by atoms with van der Waals surface area (Å²) < 4.78 is 17.2. The number of rotatable bonds is 6. The van der Waals surface area contributed by atoms with Crippen LogP contribution >= 0.6 is 15.9 Å². The second kappa shape index (κ2) is 7.38. The van der Waals surface area contributed by atoms with Crippen molar-refractivity contribution in [3.05, 3.63) is 46.4 Å². The number of benzene rings is 2. The third-order valence-electron chi connectivity index (χ3n) is 2.80. The summed E-state index contributed by atoms with van der Waals surface area (Å²) in [6, 6.07) is 10.8. The molecule has 1 N–H and O–H groups in total. The fourth-order valence-corrected chi connectivity index (χ4v) is 2.18. The van der Waals surface area contributed by atoms with Crippen molar-refractivity contribution in [2.75, 3.05) is 7.11 Å². The highest BCUT2D eigenvalue weighted by Crippen LogP contribution is 2.34. The molecule has 0 amide bonds. The topological polar surface area (TPSA) is 47.9 Å². The zero-order valence-electron chi connectivity index (χ0n) is 11.8. The summed E-state index contributed by atoms with van der Waals surface area (Å²) in [4.78, 5) is 0. The van der Waals surface area contributed by atoms with Gasteiger partial charge in [-0.1, -0.05) is 22.8 Å². The average Bonchev–Trinajstić information content (AvgIpc) is 2.51. The van der Waals surface area contributed by atoms with E-state index >= 15 is 0 Å². The lowest BCUT2D eigenvalue weighted by Crippen LogP contribution is -1.98. The lowest BCUT2D eigenvalue weighted by atomic mass is 10.1. The first-order valence-corrected chi connectivity index (χ1v) is 7.17. The minimum Gasteiger partial charge on any atom is -0.561 e. The van der Waals surface area contributed by atoms with Crippen LogP contribution < -0.4 is 14.1 Å². The van der Waals surface area contributed by atoms with Crippen LogP contribution in [0.5, 0.6) is 23.0 Å². The fourth-order valence-electron chi connectivity index (χ4n) is 1.81. The van der Waals surface area contributed by atoms with E-state index in [1.54, 1.807) is 45.7 Å². The Labute approximate surface area is 133 Å². The van der Waals surface area contributed by atoms with Gasteiger partial charge in [0, 0.05) is 10.5 Å². The van der Waals surface area contributed by atoms with Crippen LogP contribution in [0.25, 0.3) is 0 Å². The molecule has 0 bridgehead atoms. The number of ether oxygens (including phenoxy) is 2. The minimum absolute atomic E-state index is 0.0553. The highest BCUT2D eigenvalue weighted by molar-refractivity contribution is 9.10. The van der Waals surface area contributed by atoms with Gasteiger partial charge in [0.1, 0.15) is 17.2 Å². The van der Waals surface area contributed by atoms with Crippen molar-refractivity contribution >= 4 is 23.4 Å². The van der Waals surface area contributed by atoms with Crippen molar-refractivity contribution in [2.24, 2.45) is 0 Å². The molecule has 21 heavy (non-hydrogen) atoms. The molecule has 0 atom stereocenters. The van der Waals surface area contributed by atoms with E-state index in [1.807, 2.05) is 12.1 Å². The van der Waals surface area contributed by atoms with Crippen molar-refractivity contribution in [3.63, 3.8) is 0 Å². The van der Waals surface area contributed by atoms with E-state index in [2.05, 4.69) is 15.9 Å². The summed E-state index contributed by atoms with van der Waals surface area (Å²) in [7, 11) is 3.16. The van der Waals surface area contributed by atoms with E-state index in [0.29, 0.717) is 23.0 Å². The standard InChI is InChI=1S/C15H15BBrO4/c1-16-21-14-6-4-12(8-15(14)19-2)20-11-3-5-13(17)10(7-11)9-18/h3-8,18H,9H2,1-2H3. The molecule has 2 aromatic carbocycles. The van der Waals surface area contributed by atoms with Gasteiger partial charge >= 0.3 is 7.48 Å². The van der Waals surface area contributed by atoms with Gasteiger partial charge < -0.3 is 19.2 Å². The van der Waals surface area contributed by atoms with Crippen molar-refractivity contribution in [2.45, 2.75) is 13.4 Å². The zero-order chi connectivity index (χ0) is 15.2. The van der Waals surface area contributed by atoms with E-state index in [4.69, 9.17) is 14.1 Å². The van der Waals surface area contributed by atoms with Crippen LogP contribution in [0, 0.1) is 0 Å². The fraction of sp³-hybridized carbons (Fsp3) is 0.200. The molecule has 0 heterocycles. The first-order chi connectivity index (χ1) is 10.2. The van der Waals surface area contributed by atoms with E-state index in [-0.39, 0.29) is 6.61 Å². The van der Waals surface area contributed by atoms with Crippen LogP contribution in [0.3, 0.4) is 0 Å². The molecule has 109 valence electrons. The highest BCUT2D eigenvalue weighted by Gasteiger charge is 2.08. The molecule has 0 aliphatic heterocycles. The van der Waals surface area contributed by atoms with Gasteiger partial charge in [0.15, 0.2) is 5.75 Å². The van der Waals surface area contributed by atoms with Crippen molar-refractivity contribution in [3.8, 4) is 23.0 Å². The number of halogens is 1. The second-order valence-electron chi connectivity index (χ2n) is 4.18. The molecule has 4 nitrogen and oxygen atoms in total. The predicted molar refractivity (Wildman–Crippen MR) is 85.4 cm³/mol. The molecular weight excluding hydrogens is 335 g/mol. The Morgan fingerprint density at radius 3 is 2.48 bits per heavy atom. The summed E-state index contributed by atoms with van der Waals surface area (Å²) in [6.45, 7) is 1.74. The van der Waals surface area contributed by atoms with E-state index in [9.17, 15) is 5.11 Å². The molecule has 6 heteroatoms. The number of aliphatic hydroxyl groups is 1. The Bertz CT molecular complexity index is 619. The van der Waals surface area contributed by atoms with E-state index < -0.39 is 0 Å². The summed E-state index contributed by atoms with van der Waals surface area (Å²) in [6.07, 6.45) is 0. The van der Waals surface area contributed by atoms with Gasteiger partial charge in [0.25, 0.3) is 0 Å². The third kappa shape index (κ3) is 3.92. The Balaban J connectivity index is 2.23. The SMILES string of the molecule is C[B]Oc1ccc(Oc2ccc(Br)c(CO)c2)cc1OC. The van der Waals surface area contributed by atoms with E-state index in [0.717, 1.165) is 10.0 Å². The van der Waals surface area contributed by atoms with Crippen LogP contribution in [-0.2, 0) is 6.61 Å². The molecule has 0 fully saturated rings. The summed E-state index contributed by atoms with van der Waals surface area (Å²) in [5.41, 5.74) is 0.764. The van der Waals surface area contributed by atoms with Crippen molar-refractivity contribution < 1.29 is 19.2 Å². The summed E-state index contributed by atoms with van der Waals surface area (Å²) in [5.74, 6) is 2.48. The largest absolute Gasteiger partial charge is 0.561 e.